The Bertz CT molecular complexity index is 688. The number of carbonyl (C=O) groups excluding carboxylic acids is 1. The van der Waals surface area contributed by atoms with E-state index in [-0.39, 0.29) is 5.69 Å². The van der Waals surface area contributed by atoms with Gasteiger partial charge in [-0.1, -0.05) is 0 Å². The first kappa shape index (κ1) is 16.9. The molecule has 5 nitrogen and oxygen atoms in total. The lowest BCUT2D eigenvalue weighted by atomic mass is 10.1. The molecule has 0 fully saturated rings. The summed E-state index contributed by atoms with van der Waals surface area (Å²) in [5, 5.41) is 9.08. The molecule has 0 bridgehead atoms. The third kappa shape index (κ3) is 4.48. The second-order valence-electron chi connectivity index (χ2n) is 6.01. The van der Waals surface area contributed by atoms with Gasteiger partial charge in [-0.3, -0.25) is 0 Å². The van der Waals surface area contributed by atoms with Crippen LogP contribution in [0.25, 0.3) is 5.69 Å². The Morgan fingerprint density at radius 2 is 1.91 bits per heavy atom. The number of aromatic nitrogens is 2. The minimum atomic E-state index is -4.50. The maximum Gasteiger partial charge on any atom is 0.416 e. The van der Waals surface area contributed by atoms with E-state index < -0.39 is 23.3 Å². The van der Waals surface area contributed by atoms with Crippen LogP contribution in [0.2, 0.25) is 0 Å². The molecule has 0 unspecified atom stereocenters. The Balaban J connectivity index is 2.39. The Hall–Kier alpha value is -2.51. The molecule has 1 heterocycles. The van der Waals surface area contributed by atoms with Crippen LogP contribution in [-0.4, -0.2) is 21.4 Å². The van der Waals surface area contributed by atoms with Crippen LogP contribution >= 0.6 is 0 Å². The molecule has 0 aliphatic carbocycles. The molecular formula is C15H17F3N4O. The minimum Gasteiger partial charge on any atom is -0.333 e. The van der Waals surface area contributed by atoms with Gasteiger partial charge < -0.3 is 10.6 Å². The highest BCUT2D eigenvalue weighted by atomic mass is 19.4. The van der Waals surface area contributed by atoms with Gasteiger partial charge in [-0.2, -0.15) is 18.3 Å². The standard InChI is InChI=1S/C15H17F3N4O/c1-14(2,3)21-13(23)20-11-9-10(15(16,17)18)5-6-12(11)22-8-4-7-19-22/h4-9H,1-3H3,(H2,20,21,23). The van der Waals surface area contributed by atoms with Gasteiger partial charge in [0.1, 0.15) is 0 Å². The number of rotatable bonds is 2. The molecular weight excluding hydrogens is 309 g/mol. The summed E-state index contributed by atoms with van der Waals surface area (Å²) >= 11 is 0. The van der Waals surface area contributed by atoms with Gasteiger partial charge in [0.2, 0.25) is 0 Å². The first-order valence-corrected chi connectivity index (χ1v) is 6.87. The van der Waals surface area contributed by atoms with Crippen LogP contribution < -0.4 is 10.6 Å². The molecule has 2 N–H and O–H groups in total. The van der Waals surface area contributed by atoms with E-state index in [9.17, 15) is 18.0 Å². The van der Waals surface area contributed by atoms with Crippen molar-refractivity contribution in [1.29, 1.82) is 0 Å². The van der Waals surface area contributed by atoms with E-state index >= 15 is 0 Å². The van der Waals surface area contributed by atoms with Crippen molar-refractivity contribution < 1.29 is 18.0 Å². The lowest BCUT2D eigenvalue weighted by molar-refractivity contribution is -0.137. The summed E-state index contributed by atoms with van der Waals surface area (Å²) in [4.78, 5) is 12.0. The van der Waals surface area contributed by atoms with Gasteiger partial charge >= 0.3 is 12.2 Å². The third-order valence-electron chi connectivity index (χ3n) is 2.81. The molecule has 0 radical (unpaired) electrons. The van der Waals surface area contributed by atoms with Crippen LogP contribution in [-0.2, 0) is 6.18 Å². The Morgan fingerprint density at radius 1 is 1.22 bits per heavy atom. The number of alkyl halides is 3. The van der Waals surface area contributed by atoms with Gasteiger partial charge in [-0.25, -0.2) is 9.48 Å². The van der Waals surface area contributed by atoms with Gasteiger partial charge in [0.25, 0.3) is 0 Å². The summed E-state index contributed by atoms with van der Waals surface area (Å²) in [6.45, 7) is 5.31. The number of carbonyl (C=O) groups is 1. The fourth-order valence-corrected chi connectivity index (χ4v) is 1.92. The largest absolute Gasteiger partial charge is 0.416 e. The minimum absolute atomic E-state index is 0.0188. The van der Waals surface area contributed by atoms with Crippen molar-refractivity contribution in [1.82, 2.24) is 15.1 Å². The van der Waals surface area contributed by atoms with Gasteiger partial charge in [0.05, 0.1) is 16.9 Å². The number of anilines is 1. The number of amides is 2. The molecule has 0 spiro atoms. The molecule has 0 aliphatic heterocycles. The Labute approximate surface area is 131 Å². The normalized spacial score (nSPS) is 12.1. The maximum absolute atomic E-state index is 12.9. The van der Waals surface area contributed by atoms with Crippen molar-refractivity contribution in [3.63, 3.8) is 0 Å². The number of hydrogen-bond acceptors (Lipinski definition) is 2. The highest BCUT2D eigenvalue weighted by molar-refractivity contribution is 5.92. The molecule has 1 aromatic heterocycles. The number of hydrogen-bond donors (Lipinski definition) is 2. The molecule has 124 valence electrons. The zero-order chi connectivity index (χ0) is 17.3. The van der Waals surface area contributed by atoms with Crippen molar-refractivity contribution >= 4 is 11.7 Å². The fraction of sp³-hybridized carbons (Fsp3) is 0.333. The summed E-state index contributed by atoms with van der Waals surface area (Å²) in [6, 6.07) is 4.15. The van der Waals surface area contributed by atoms with Crippen molar-refractivity contribution in [2.24, 2.45) is 0 Å². The second-order valence-corrected chi connectivity index (χ2v) is 6.01. The predicted molar refractivity (Wildman–Crippen MR) is 80.5 cm³/mol. The molecule has 8 heteroatoms. The van der Waals surface area contributed by atoms with Crippen LogP contribution in [0.5, 0.6) is 0 Å². The van der Waals surface area contributed by atoms with E-state index in [0.29, 0.717) is 5.69 Å². The van der Waals surface area contributed by atoms with Crippen LogP contribution in [0.3, 0.4) is 0 Å². The number of halogens is 3. The molecule has 0 saturated carbocycles. The number of nitrogens with one attached hydrogen (secondary N) is 2. The Kier molecular flexibility index (Phi) is 4.35. The average molecular weight is 326 g/mol. The quantitative estimate of drug-likeness (QED) is 0.881. The molecule has 2 rings (SSSR count). The van der Waals surface area contributed by atoms with Gasteiger partial charge in [-0.05, 0) is 45.0 Å². The fourth-order valence-electron chi connectivity index (χ4n) is 1.92. The van der Waals surface area contributed by atoms with Gasteiger partial charge in [-0.15, -0.1) is 0 Å². The van der Waals surface area contributed by atoms with Crippen LogP contribution in [0, 0.1) is 0 Å². The van der Waals surface area contributed by atoms with Crippen molar-refractivity contribution in [3.8, 4) is 5.69 Å². The SMILES string of the molecule is CC(C)(C)NC(=O)Nc1cc(C(F)(F)F)ccc1-n1cccn1. The Morgan fingerprint density at radius 3 is 2.43 bits per heavy atom. The molecule has 1 aromatic carbocycles. The average Bonchev–Trinajstić information content (AvgIpc) is 2.88. The molecule has 23 heavy (non-hydrogen) atoms. The lowest BCUT2D eigenvalue weighted by Crippen LogP contribution is -2.43. The second kappa shape index (κ2) is 5.94. The highest BCUT2D eigenvalue weighted by Gasteiger charge is 2.31. The number of urea groups is 1. The van der Waals surface area contributed by atoms with Crippen LogP contribution in [0.4, 0.5) is 23.7 Å². The van der Waals surface area contributed by atoms with E-state index in [1.165, 1.54) is 16.9 Å². The predicted octanol–water partition coefficient (Wildman–Crippen LogP) is 3.81. The third-order valence-corrected chi connectivity index (χ3v) is 2.81. The first-order valence-electron chi connectivity index (χ1n) is 6.87. The van der Waals surface area contributed by atoms with E-state index in [0.717, 1.165) is 12.1 Å². The summed E-state index contributed by atoms with van der Waals surface area (Å²) in [7, 11) is 0. The molecule has 2 amide bonds. The van der Waals surface area contributed by atoms with E-state index in [2.05, 4.69) is 15.7 Å². The summed E-state index contributed by atoms with van der Waals surface area (Å²) in [6.07, 6.45) is -1.42. The highest BCUT2D eigenvalue weighted by Crippen LogP contribution is 2.33. The summed E-state index contributed by atoms with van der Waals surface area (Å²) in [5.74, 6) is 0. The molecule has 0 aliphatic rings. The molecule has 2 aromatic rings. The van der Waals surface area contributed by atoms with Crippen molar-refractivity contribution in [3.05, 3.63) is 42.2 Å². The van der Waals surface area contributed by atoms with Gasteiger partial charge in [0.15, 0.2) is 0 Å². The van der Waals surface area contributed by atoms with Gasteiger partial charge in [0, 0.05) is 17.9 Å². The molecule has 0 atom stereocenters. The monoisotopic (exact) mass is 326 g/mol. The van der Waals surface area contributed by atoms with Crippen LogP contribution in [0.1, 0.15) is 26.3 Å². The van der Waals surface area contributed by atoms with Crippen molar-refractivity contribution in [2.45, 2.75) is 32.5 Å². The van der Waals surface area contributed by atoms with Crippen LogP contribution in [0.15, 0.2) is 36.7 Å². The zero-order valence-electron chi connectivity index (χ0n) is 12.9. The lowest BCUT2D eigenvalue weighted by Gasteiger charge is -2.22. The van der Waals surface area contributed by atoms with E-state index in [1.54, 1.807) is 33.0 Å². The first-order chi connectivity index (χ1) is 10.6. The number of benzene rings is 1. The molecule has 0 saturated heterocycles. The van der Waals surface area contributed by atoms with E-state index in [4.69, 9.17) is 0 Å². The van der Waals surface area contributed by atoms with E-state index in [1.807, 2.05) is 0 Å². The summed E-state index contributed by atoms with van der Waals surface area (Å²) < 4.78 is 40.1. The number of nitrogens with zero attached hydrogens (tertiary/aromatic N) is 2. The zero-order valence-corrected chi connectivity index (χ0v) is 12.9. The topological polar surface area (TPSA) is 59.0 Å². The smallest absolute Gasteiger partial charge is 0.333 e. The maximum atomic E-state index is 12.9. The summed E-state index contributed by atoms with van der Waals surface area (Å²) in [5.41, 5.74) is -1.01. The van der Waals surface area contributed by atoms with Crippen molar-refractivity contribution in [2.75, 3.05) is 5.32 Å².